The van der Waals surface area contributed by atoms with Crippen LogP contribution < -0.4 is 10.2 Å². The summed E-state index contributed by atoms with van der Waals surface area (Å²) in [6.07, 6.45) is 0. The van der Waals surface area contributed by atoms with Gasteiger partial charge in [0, 0.05) is 6.54 Å². The van der Waals surface area contributed by atoms with Crippen LogP contribution in [-0.4, -0.2) is 42.0 Å². The molecule has 1 fully saturated rings. The Labute approximate surface area is 108 Å². The second-order valence-electron chi connectivity index (χ2n) is 5.23. The smallest absolute Gasteiger partial charge is 0.318 e. The van der Waals surface area contributed by atoms with E-state index >= 15 is 0 Å². The summed E-state index contributed by atoms with van der Waals surface area (Å²) in [4.78, 5) is 2.08. The van der Waals surface area contributed by atoms with Gasteiger partial charge in [0.1, 0.15) is 0 Å². The molecule has 0 aromatic carbocycles. The van der Waals surface area contributed by atoms with Crippen LogP contribution in [0.3, 0.4) is 0 Å². The second kappa shape index (κ2) is 5.24. The summed E-state index contributed by atoms with van der Waals surface area (Å²) in [5.41, 5.74) is -0.167. The van der Waals surface area contributed by atoms with E-state index in [0.717, 1.165) is 19.6 Å². The van der Waals surface area contributed by atoms with Crippen LogP contribution in [0.4, 0.5) is 6.01 Å². The molecular weight excluding hydrogens is 232 g/mol. The molecule has 6 nitrogen and oxygen atoms in total. The molecule has 2 rings (SSSR count). The lowest BCUT2D eigenvalue weighted by Crippen LogP contribution is -2.48. The molecular formula is C12H22N4O2. The van der Waals surface area contributed by atoms with Crippen LogP contribution in [0.25, 0.3) is 0 Å². The van der Waals surface area contributed by atoms with Crippen molar-refractivity contribution < 1.29 is 9.15 Å². The lowest BCUT2D eigenvalue weighted by atomic mass is 10.1. The largest absolute Gasteiger partial charge is 0.406 e. The number of nitrogens with zero attached hydrogens (tertiary/aromatic N) is 3. The number of rotatable bonds is 4. The van der Waals surface area contributed by atoms with E-state index in [1.165, 1.54) is 0 Å². The van der Waals surface area contributed by atoms with Gasteiger partial charge >= 0.3 is 6.01 Å². The van der Waals surface area contributed by atoms with Crippen LogP contribution in [0.5, 0.6) is 0 Å². The predicted molar refractivity (Wildman–Crippen MR) is 68.6 cm³/mol. The van der Waals surface area contributed by atoms with Gasteiger partial charge in [-0.05, 0) is 27.3 Å². The molecule has 6 heteroatoms. The number of morpholine rings is 1. The maximum atomic E-state index is 5.72. The Hall–Kier alpha value is -1.14. The van der Waals surface area contributed by atoms with Gasteiger partial charge in [0.2, 0.25) is 5.89 Å². The van der Waals surface area contributed by atoms with Crippen LogP contribution >= 0.6 is 0 Å². The fourth-order valence-electron chi connectivity index (χ4n) is 2.10. The van der Waals surface area contributed by atoms with E-state index in [1.807, 2.05) is 6.92 Å². The SMILES string of the molecule is CCNC(C)c1nnc(N2CCOC(C)(C)C2)o1. The number of aromatic nitrogens is 2. The van der Waals surface area contributed by atoms with E-state index in [9.17, 15) is 0 Å². The highest BCUT2D eigenvalue weighted by atomic mass is 16.5. The van der Waals surface area contributed by atoms with Crippen molar-refractivity contribution in [1.29, 1.82) is 0 Å². The monoisotopic (exact) mass is 254 g/mol. The van der Waals surface area contributed by atoms with Gasteiger partial charge in [0.25, 0.3) is 0 Å². The molecule has 1 N–H and O–H groups in total. The first-order chi connectivity index (χ1) is 8.52. The molecule has 2 heterocycles. The summed E-state index contributed by atoms with van der Waals surface area (Å²) in [5.74, 6) is 0.635. The van der Waals surface area contributed by atoms with Crippen molar-refractivity contribution in [3.05, 3.63) is 5.89 Å². The molecule has 1 aromatic rings. The number of hydrogen-bond acceptors (Lipinski definition) is 6. The number of nitrogens with one attached hydrogen (secondary N) is 1. The van der Waals surface area contributed by atoms with Crippen molar-refractivity contribution in [2.24, 2.45) is 0 Å². The Morgan fingerprint density at radius 1 is 1.44 bits per heavy atom. The third-order valence-corrected chi connectivity index (χ3v) is 3.01. The zero-order valence-corrected chi connectivity index (χ0v) is 11.6. The molecule has 1 aromatic heterocycles. The summed E-state index contributed by atoms with van der Waals surface area (Å²) >= 11 is 0. The van der Waals surface area contributed by atoms with E-state index in [1.54, 1.807) is 0 Å². The minimum Gasteiger partial charge on any atom is -0.406 e. The van der Waals surface area contributed by atoms with Gasteiger partial charge in [0.15, 0.2) is 0 Å². The molecule has 0 bridgehead atoms. The van der Waals surface area contributed by atoms with Crippen molar-refractivity contribution >= 4 is 6.01 Å². The first-order valence-corrected chi connectivity index (χ1v) is 6.47. The molecule has 1 saturated heterocycles. The van der Waals surface area contributed by atoms with E-state index < -0.39 is 0 Å². The molecule has 18 heavy (non-hydrogen) atoms. The second-order valence-corrected chi connectivity index (χ2v) is 5.23. The van der Waals surface area contributed by atoms with Crippen molar-refractivity contribution in [3.8, 4) is 0 Å². The molecule has 1 aliphatic rings. The quantitative estimate of drug-likeness (QED) is 0.875. The zero-order valence-electron chi connectivity index (χ0n) is 11.6. The van der Waals surface area contributed by atoms with Crippen LogP contribution in [-0.2, 0) is 4.74 Å². The Morgan fingerprint density at radius 3 is 2.89 bits per heavy atom. The van der Waals surface area contributed by atoms with Crippen molar-refractivity contribution in [2.75, 3.05) is 31.1 Å². The summed E-state index contributed by atoms with van der Waals surface area (Å²) in [5, 5.41) is 11.5. The normalized spacial score (nSPS) is 21.0. The number of anilines is 1. The fourth-order valence-corrected chi connectivity index (χ4v) is 2.10. The molecule has 1 atom stereocenters. The van der Waals surface area contributed by atoms with E-state index in [-0.39, 0.29) is 11.6 Å². The molecule has 1 aliphatic heterocycles. The Kier molecular flexibility index (Phi) is 3.87. The summed E-state index contributed by atoms with van der Waals surface area (Å²) in [7, 11) is 0. The lowest BCUT2D eigenvalue weighted by molar-refractivity contribution is -0.0290. The highest BCUT2D eigenvalue weighted by Gasteiger charge is 2.30. The topological polar surface area (TPSA) is 63.4 Å². The van der Waals surface area contributed by atoms with Gasteiger partial charge in [-0.3, -0.25) is 0 Å². The number of ether oxygens (including phenoxy) is 1. The first-order valence-electron chi connectivity index (χ1n) is 6.47. The molecule has 0 radical (unpaired) electrons. The predicted octanol–water partition coefficient (Wildman–Crippen LogP) is 1.36. The van der Waals surface area contributed by atoms with E-state index in [4.69, 9.17) is 9.15 Å². The molecule has 102 valence electrons. The summed E-state index contributed by atoms with van der Waals surface area (Å²) in [6.45, 7) is 11.3. The standard InChI is InChI=1S/C12H22N4O2/c1-5-13-9(2)10-14-15-11(18-10)16-6-7-17-12(3,4)8-16/h9,13H,5-8H2,1-4H3. The molecule has 0 spiro atoms. The zero-order chi connectivity index (χ0) is 13.2. The average molecular weight is 254 g/mol. The van der Waals surface area contributed by atoms with Crippen molar-refractivity contribution in [3.63, 3.8) is 0 Å². The van der Waals surface area contributed by atoms with Gasteiger partial charge in [-0.25, -0.2) is 0 Å². The molecule has 0 saturated carbocycles. The lowest BCUT2D eigenvalue weighted by Gasteiger charge is -2.36. The Balaban J connectivity index is 2.05. The summed E-state index contributed by atoms with van der Waals surface area (Å²) < 4.78 is 11.4. The molecule has 0 amide bonds. The van der Waals surface area contributed by atoms with Crippen LogP contribution in [0, 0.1) is 0 Å². The van der Waals surface area contributed by atoms with E-state index in [0.29, 0.717) is 18.5 Å². The van der Waals surface area contributed by atoms with Gasteiger partial charge in [-0.2, -0.15) is 0 Å². The third kappa shape index (κ3) is 3.00. The molecule has 1 unspecified atom stereocenters. The van der Waals surface area contributed by atoms with Gasteiger partial charge < -0.3 is 19.4 Å². The molecule has 0 aliphatic carbocycles. The third-order valence-electron chi connectivity index (χ3n) is 3.01. The van der Waals surface area contributed by atoms with E-state index in [2.05, 4.69) is 41.2 Å². The highest BCUT2D eigenvalue weighted by molar-refractivity contribution is 5.26. The number of hydrogen-bond donors (Lipinski definition) is 1. The minimum absolute atomic E-state index is 0.0882. The average Bonchev–Trinajstić information content (AvgIpc) is 2.77. The van der Waals surface area contributed by atoms with Crippen molar-refractivity contribution in [1.82, 2.24) is 15.5 Å². The van der Waals surface area contributed by atoms with Gasteiger partial charge in [-0.1, -0.05) is 12.0 Å². The summed E-state index contributed by atoms with van der Waals surface area (Å²) in [6, 6.07) is 0.677. The first kappa shape index (κ1) is 13.3. The Bertz CT molecular complexity index is 391. The van der Waals surface area contributed by atoms with Crippen LogP contribution in [0.1, 0.15) is 39.6 Å². The van der Waals surface area contributed by atoms with Gasteiger partial charge in [-0.15, -0.1) is 5.10 Å². The van der Waals surface area contributed by atoms with Crippen molar-refractivity contribution in [2.45, 2.75) is 39.3 Å². The maximum absolute atomic E-state index is 5.72. The fraction of sp³-hybridized carbons (Fsp3) is 0.833. The highest BCUT2D eigenvalue weighted by Crippen LogP contribution is 2.23. The van der Waals surface area contributed by atoms with Crippen LogP contribution in [0.15, 0.2) is 4.42 Å². The van der Waals surface area contributed by atoms with Gasteiger partial charge in [0.05, 0.1) is 24.8 Å². The Morgan fingerprint density at radius 2 is 2.22 bits per heavy atom. The minimum atomic E-state index is -0.167. The maximum Gasteiger partial charge on any atom is 0.318 e. The van der Waals surface area contributed by atoms with Crippen LogP contribution in [0.2, 0.25) is 0 Å².